The molecule has 0 aliphatic carbocycles. The van der Waals surface area contributed by atoms with Crippen LogP contribution in [0.2, 0.25) is 5.02 Å². The van der Waals surface area contributed by atoms with Gasteiger partial charge in [-0.15, -0.1) is 0 Å². The van der Waals surface area contributed by atoms with Crippen LogP contribution in [-0.4, -0.2) is 31.1 Å². The number of likely N-dealkylation sites (N-methyl/N-ethyl adjacent to an activating group) is 1. The van der Waals surface area contributed by atoms with E-state index in [1.807, 2.05) is 24.9 Å². The van der Waals surface area contributed by atoms with Gasteiger partial charge in [-0.3, -0.25) is 9.69 Å². The van der Waals surface area contributed by atoms with Crippen molar-refractivity contribution in [2.75, 3.05) is 19.9 Å². The molecule has 1 atom stereocenters. The minimum Gasteiger partial charge on any atom is -0.468 e. The van der Waals surface area contributed by atoms with Gasteiger partial charge >= 0.3 is 5.97 Å². The zero-order valence-corrected chi connectivity index (χ0v) is 11.9. The first-order valence-corrected chi connectivity index (χ1v) is 6.07. The number of hydrogen-bond donors (Lipinski definition) is 1. The summed E-state index contributed by atoms with van der Waals surface area (Å²) in [5.74, 6) is -0.262. The molecule has 1 aromatic rings. The molecule has 2 N–H and O–H groups in total. The molecule has 1 aromatic carbocycles. The highest BCUT2D eigenvalue weighted by Crippen LogP contribution is 2.24. The van der Waals surface area contributed by atoms with Crippen molar-refractivity contribution >= 4 is 23.3 Å². The van der Waals surface area contributed by atoms with Crippen LogP contribution in [0.25, 0.3) is 0 Å². The molecule has 5 heteroatoms. The zero-order valence-electron chi connectivity index (χ0n) is 11.2. The second-order valence-electron chi connectivity index (χ2n) is 4.41. The molecule has 1 rings (SSSR count). The normalized spacial score (nSPS) is 12.6. The second-order valence-corrected chi connectivity index (χ2v) is 4.82. The molecule has 0 bridgehead atoms. The number of benzene rings is 1. The Hall–Kier alpha value is -1.26. The third kappa shape index (κ3) is 3.37. The summed E-state index contributed by atoms with van der Waals surface area (Å²) in [4.78, 5) is 13.3. The number of methoxy groups -OCH3 is 1. The van der Waals surface area contributed by atoms with E-state index in [2.05, 4.69) is 0 Å². The van der Waals surface area contributed by atoms with Crippen molar-refractivity contribution in [3.05, 3.63) is 28.3 Å². The molecule has 0 heterocycles. The van der Waals surface area contributed by atoms with Crippen molar-refractivity contribution in [2.45, 2.75) is 26.4 Å². The van der Waals surface area contributed by atoms with Crippen LogP contribution in [0.4, 0.5) is 5.69 Å². The summed E-state index contributed by atoms with van der Waals surface area (Å²) in [7, 11) is 3.23. The zero-order chi connectivity index (χ0) is 13.9. The molecular weight excluding hydrogens is 252 g/mol. The topological polar surface area (TPSA) is 55.6 Å². The van der Waals surface area contributed by atoms with Gasteiger partial charge in [-0.05, 0) is 38.1 Å². The van der Waals surface area contributed by atoms with E-state index in [9.17, 15) is 4.79 Å². The number of ether oxygens (including phenoxy) is 1. The second kappa shape index (κ2) is 6.07. The van der Waals surface area contributed by atoms with E-state index in [0.717, 1.165) is 11.1 Å². The minimum atomic E-state index is -0.314. The van der Waals surface area contributed by atoms with Crippen molar-refractivity contribution < 1.29 is 9.53 Å². The fraction of sp³-hybridized carbons (Fsp3) is 0.462. The minimum absolute atomic E-state index is 0.262. The van der Waals surface area contributed by atoms with Crippen LogP contribution in [0, 0.1) is 6.92 Å². The van der Waals surface area contributed by atoms with Crippen LogP contribution in [0.5, 0.6) is 0 Å². The fourth-order valence-corrected chi connectivity index (χ4v) is 1.82. The molecule has 100 valence electrons. The maximum Gasteiger partial charge on any atom is 0.322 e. The Bertz CT molecular complexity index is 449. The maximum atomic E-state index is 11.4. The number of carbonyl (C=O) groups is 1. The van der Waals surface area contributed by atoms with Crippen LogP contribution in [0.15, 0.2) is 12.1 Å². The lowest BCUT2D eigenvalue weighted by Crippen LogP contribution is -2.36. The average Bonchev–Trinajstić information content (AvgIpc) is 2.33. The summed E-state index contributed by atoms with van der Waals surface area (Å²) >= 11 is 5.99. The summed E-state index contributed by atoms with van der Waals surface area (Å²) in [6.07, 6.45) is 0. The van der Waals surface area contributed by atoms with Gasteiger partial charge in [-0.1, -0.05) is 17.7 Å². The van der Waals surface area contributed by atoms with E-state index >= 15 is 0 Å². The highest BCUT2D eigenvalue weighted by molar-refractivity contribution is 6.31. The van der Waals surface area contributed by atoms with Gasteiger partial charge in [0.15, 0.2) is 0 Å². The quantitative estimate of drug-likeness (QED) is 0.673. The van der Waals surface area contributed by atoms with Crippen LogP contribution in [0.1, 0.15) is 18.1 Å². The lowest BCUT2D eigenvalue weighted by Gasteiger charge is -2.23. The number of nitrogen functional groups attached to an aromatic ring is 1. The number of nitrogens with two attached hydrogens (primary N) is 1. The number of halogens is 1. The van der Waals surface area contributed by atoms with Crippen molar-refractivity contribution in [3.8, 4) is 0 Å². The summed E-state index contributed by atoms with van der Waals surface area (Å²) in [5.41, 5.74) is 8.48. The highest BCUT2D eigenvalue weighted by atomic mass is 35.5. The third-order valence-electron chi connectivity index (χ3n) is 3.04. The predicted octanol–water partition coefficient (Wildman–Crippen LogP) is 2.22. The Morgan fingerprint density at radius 3 is 2.72 bits per heavy atom. The van der Waals surface area contributed by atoms with Crippen LogP contribution < -0.4 is 5.73 Å². The van der Waals surface area contributed by atoms with Gasteiger partial charge < -0.3 is 10.5 Å². The first-order chi connectivity index (χ1) is 8.36. The van der Waals surface area contributed by atoms with Gasteiger partial charge in [0.1, 0.15) is 6.04 Å². The van der Waals surface area contributed by atoms with Crippen molar-refractivity contribution in [1.82, 2.24) is 4.90 Å². The van der Waals surface area contributed by atoms with E-state index in [4.69, 9.17) is 22.1 Å². The van der Waals surface area contributed by atoms with E-state index in [1.54, 1.807) is 13.0 Å². The molecule has 0 aromatic heterocycles. The number of nitrogens with zero attached hydrogens (tertiary/aromatic N) is 1. The van der Waals surface area contributed by atoms with Crippen LogP contribution >= 0.6 is 11.6 Å². The highest BCUT2D eigenvalue weighted by Gasteiger charge is 2.19. The third-order valence-corrected chi connectivity index (χ3v) is 3.45. The lowest BCUT2D eigenvalue weighted by molar-refractivity contribution is -0.145. The number of aryl methyl sites for hydroxylation is 1. The molecule has 0 saturated carbocycles. The Kier molecular flexibility index (Phi) is 4.99. The van der Waals surface area contributed by atoms with Crippen molar-refractivity contribution in [2.24, 2.45) is 0 Å². The number of hydrogen-bond acceptors (Lipinski definition) is 4. The summed E-state index contributed by atoms with van der Waals surface area (Å²) in [5, 5.41) is 0.653. The van der Waals surface area contributed by atoms with E-state index < -0.39 is 0 Å². The standard InChI is InChI=1S/C13H19ClN2O2/c1-8-5-10(12(15)6-11(8)14)7-16(3)9(2)13(17)18-4/h5-6,9H,7,15H2,1-4H3/t9-/m0/s1. The Morgan fingerprint density at radius 2 is 2.17 bits per heavy atom. The molecule has 4 nitrogen and oxygen atoms in total. The number of carbonyl (C=O) groups excluding carboxylic acids is 1. The Balaban J connectivity index is 2.85. The molecule has 0 aliphatic rings. The first kappa shape index (κ1) is 14.8. The van der Waals surface area contributed by atoms with Crippen molar-refractivity contribution in [1.29, 1.82) is 0 Å². The van der Waals surface area contributed by atoms with E-state index in [-0.39, 0.29) is 12.0 Å². The Morgan fingerprint density at radius 1 is 1.56 bits per heavy atom. The number of rotatable bonds is 4. The van der Waals surface area contributed by atoms with Gasteiger partial charge in [0.05, 0.1) is 7.11 Å². The van der Waals surface area contributed by atoms with Crippen LogP contribution in [0.3, 0.4) is 0 Å². The first-order valence-electron chi connectivity index (χ1n) is 5.69. The maximum absolute atomic E-state index is 11.4. The van der Waals surface area contributed by atoms with Gasteiger partial charge in [0.25, 0.3) is 0 Å². The van der Waals surface area contributed by atoms with E-state index in [0.29, 0.717) is 17.3 Å². The monoisotopic (exact) mass is 270 g/mol. The van der Waals surface area contributed by atoms with Gasteiger partial charge in [-0.25, -0.2) is 0 Å². The van der Waals surface area contributed by atoms with Gasteiger partial charge in [0, 0.05) is 17.3 Å². The van der Waals surface area contributed by atoms with Crippen molar-refractivity contribution in [3.63, 3.8) is 0 Å². The molecule has 0 radical (unpaired) electrons. The Labute approximate surface area is 113 Å². The summed E-state index contributed by atoms with van der Waals surface area (Å²) in [6, 6.07) is 3.37. The molecule has 0 fully saturated rings. The predicted molar refractivity (Wildman–Crippen MR) is 73.5 cm³/mol. The van der Waals surface area contributed by atoms with Crippen LogP contribution in [-0.2, 0) is 16.1 Å². The molecule has 18 heavy (non-hydrogen) atoms. The molecule has 0 aliphatic heterocycles. The lowest BCUT2D eigenvalue weighted by atomic mass is 10.1. The fourth-order valence-electron chi connectivity index (χ4n) is 1.65. The molecular formula is C13H19ClN2O2. The number of anilines is 1. The molecule has 0 saturated heterocycles. The number of esters is 1. The van der Waals surface area contributed by atoms with E-state index in [1.165, 1.54) is 7.11 Å². The van der Waals surface area contributed by atoms with Gasteiger partial charge in [-0.2, -0.15) is 0 Å². The average molecular weight is 271 g/mol. The summed E-state index contributed by atoms with van der Waals surface area (Å²) in [6.45, 7) is 4.29. The van der Waals surface area contributed by atoms with Gasteiger partial charge in [0.2, 0.25) is 0 Å². The molecule has 0 amide bonds. The SMILES string of the molecule is COC(=O)[C@H](C)N(C)Cc1cc(C)c(Cl)cc1N. The molecule has 0 unspecified atom stereocenters. The summed E-state index contributed by atoms with van der Waals surface area (Å²) < 4.78 is 4.71. The largest absolute Gasteiger partial charge is 0.468 e. The smallest absolute Gasteiger partial charge is 0.322 e. The molecule has 0 spiro atoms.